The predicted molar refractivity (Wildman–Crippen MR) is 80.6 cm³/mol. The van der Waals surface area contributed by atoms with Gasteiger partial charge in [-0.1, -0.05) is 13.8 Å². The number of anilines is 1. The number of rotatable bonds is 7. The highest BCUT2D eigenvalue weighted by atomic mass is 79.9. The lowest BCUT2D eigenvalue weighted by Gasteiger charge is -2.15. The maximum Gasteiger partial charge on any atom is 0.283 e. The molecule has 0 saturated heterocycles. The number of aromatic nitrogens is 2. The van der Waals surface area contributed by atoms with Crippen LogP contribution < -0.4 is 10.9 Å². The first-order chi connectivity index (χ1) is 8.95. The molecule has 1 rings (SSSR count). The van der Waals surface area contributed by atoms with Gasteiger partial charge in [0.15, 0.2) is 0 Å². The number of hydrogen-bond donors (Lipinski definition) is 1. The maximum absolute atomic E-state index is 12.1. The molecule has 0 aliphatic carbocycles. The minimum Gasteiger partial charge on any atom is -0.380 e. The van der Waals surface area contributed by atoms with Crippen LogP contribution in [0.25, 0.3) is 0 Å². The van der Waals surface area contributed by atoms with Gasteiger partial charge in [0.1, 0.15) is 4.47 Å². The van der Waals surface area contributed by atoms with Crippen molar-refractivity contribution in [3.63, 3.8) is 0 Å². The SMILES string of the molecule is CCOC(C)CNc1cnn(CC(C)C)c(=O)c1Br. The van der Waals surface area contributed by atoms with Crippen LogP contribution in [0.2, 0.25) is 0 Å². The first-order valence-corrected chi connectivity index (χ1v) is 7.36. The van der Waals surface area contributed by atoms with E-state index in [1.165, 1.54) is 4.68 Å². The highest BCUT2D eigenvalue weighted by Crippen LogP contribution is 2.16. The van der Waals surface area contributed by atoms with Gasteiger partial charge < -0.3 is 10.1 Å². The van der Waals surface area contributed by atoms with E-state index in [-0.39, 0.29) is 11.7 Å². The fourth-order valence-electron chi connectivity index (χ4n) is 1.66. The third-order valence-corrected chi connectivity index (χ3v) is 3.32. The molecular formula is C13H22BrN3O2. The normalized spacial score (nSPS) is 12.7. The summed E-state index contributed by atoms with van der Waals surface area (Å²) in [6, 6.07) is 0. The van der Waals surface area contributed by atoms with Crippen molar-refractivity contribution in [2.75, 3.05) is 18.5 Å². The van der Waals surface area contributed by atoms with Crippen molar-refractivity contribution >= 4 is 21.6 Å². The fourth-order valence-corrected chi connectivity index (χ4v) is 2.11. The molecule has 1 atom stereocenters. The zero-order valence-corrected chi connectivity index (χ0v) is 13.5. The summed E-state index contributed by atoms with van der Waals surface area (Å²) in [5, 5.41) is 7.35. The van der Waals surface area contributed by atoms with E-state index >= 15 is 0 Å². The quantitative estimate of drug-likeness (QED) is 0.834. The second kappa shape index (κ2) is 7.65. The van der Waals surface area contributed by atoms with Crippen LogP contribution in [0.15, 0.2) is 15.5 Å². The van der Waals surface area contributed by atoms with Gasteiger partial charge in [-0.3, -0.25) is 4.79 Å². The Morgan fingerprint density at radius 3 is 2.74 bits per heavy atom. The Balaban J connectivity index is 2.76. The minimum atomic E-state index is -0.109. The first kappa shape index (κ1) is 16.2. The van der Waals surface area contributed by atoms with Crippen molar-refractivity contribution in [2.45, 2.75) is 40.3 Å². The molecular weight excluding hydrogens is 310 g/mol. The van der Waals surface area contributed by atoms with Crippen molar-refractivity contribution in [1.82, 2.24) is 9.78 Å². The highest BCUT2D eigenvalue weighted by molar-refractivity contribution is 9.10. The number of hydrogen-bond acceptors (Lipinski definition) is 4. The summed E-state index contributed by atoms with van der Waals surface area (Å²) in [6.07, 6.45) is 1.77. The zero-order valence-electron chi connectivity index (χ0n) is 11.9. The van der Waals surface area contributed by atoms with E-state index in [1.807, 2.05) is 13.8 Å². The Bertz CT molecular complexity index is 460. The van der Waals surface area contributed by atoms with Crippen LogP contribution in [0.1, 0.15) is 27.7 Å². The smallest absolute Gasteiger partial charge is 0.283 e. The van der Waals surface area contributed by atoms with E-state index in [0.717, 1.165) is 0 Å². The van der Waals surface area contributed by atoms with Gasteiger partial charge in [-0.05, 0) is 35.7 Å². The number of nitrogens with zero attached hydrogens (tertiary/aromatic N) is 2. The van der Waals surface area contributed by atoms with Gasteiger partial charge in [-0.2, -0.15) is 5.10 Å². The molecule has 5 nitrogen and oxygen atoms in total. The molecule has 0 aliphatic rings. The van der Waals surface area contributed by atoms with E-state index in [1.54, 1.807) is 6.20 Å². The molecule has 1 unspecified atom stereocenters. The van der Waals surface area contributed by atoms with Gasteiger partial charge in [-0.15, -0.1) is 0 Å². The summed E-state index contributed by atoms with van der Waals surface area (Å²) < 4.78 is 7.43. The second-order valence-corrected chi connectivity index (χ2v) is 5.69. The van der Waals surface area contributed by atoms with Crippen LogP contribution in [-0.4, -0.2) is 29.0 Å². The number of ether oxygens (including phenoxy) is 1. The van der Waals surface area contributed by atoms with Crippen molar-refractivity contribution in [3.8, 4) is 0 Å². The second-order valence-electron chi connectivity index (χ2n) is 4.90. The summed E-state index contributed by atoms with van der Waals surface area (Å²) in [5.74, 6) is 0.383. The summed E-state index contributed by atoms with van der Waals surface area (Å²) in [4.78, 5) is 12.1. The molecule has 1 aromatic rings. The van der Waals surface area contributed by atoms with Crippen LogP contribution >= 0.6 is 15.9 Å². The Hall–Kier alpha value is -0.880. The third kappa shape index (κ3) is 4.95. The molecule has 0 radical (unpaired) electrons. The third-order valence-electron chi connectivity index (χ3n) is 2.55. The Kier molecular flexibility index (Phi) is 6.51. The maximum atomic E-state index is 12.1. The van der Waals surface area contributed by atoms with E-state index in [0.29, 0.717) is 35.8 Å². The molecule has 19 heavy (non-hydrogen) atoms. The zero-order chi connectivity index (χ0) is 14.4. The van der Waals surface area contributed by atoms with Crippen LogP contribution in [0, 0.1) is 5.92 Å². The molecule has 0 aromatic carbocycles. The average Bonchev–Trinajstić information content (AvgIpc) is 2.34. The molecule has 0 amide bonds. The topological polar surface area (TPSA) is 56.1 Å². The van der Waals surface area contributed by atoms with E-state index in [2.05, 4.69) is 40.2 Å². The van der Waals surface area contributed by atoms with Crippen LogP contribution in [0.5, 0.6) is 0 Å². The number of nitrogens with one attached hydrogen (secondary N) is 1. The van der Waals surface area contributed by atoms with E-state index in [9.17, 15) is 4.79 Å². The molecule has 108 valence electrons. The molecule has 0 aliphatic heterocycles. The van der Waals surface area contributed by atoms with Crippen molar-refractivity contribution < 1.29 is 4.74 Å². The minimum absolute atomic E-state index is 0.0926. The van der Waals surface area contributed by atoms with Crippen molar-refractivity contribution in [1.29, 1.82) is 0 Å². The molecule has 1 N–H and O–H groups in total. The predicted octanol–water partition coefficient (Wildman–Crippen LogP) is 2.50. The highest BCUT2D eigenvalue weighted by Gasteiger charge is 2.10. The van der Waals surface area contributed by atoms with Gasteiger partial charge in [0.05, 0.1) is 18.0 Å². The Labute approximate surface area is 122 Å². The Morgan fingerprint density at radius 2 is 2.16 bits per heavy atom. The van der Waals surface area contributed by atoms with E-state index < -0.39 is 0 Å². The first-order valence-electron chi connectivity index (χ1n) is 6.56. The summed E-state index contributed by atoms with van der Waals surface area (Å²) >= 11 is 3.33. The van der Waals surface area contributed by atoms with Gasteiger partial charge in [0, 0.05) is 19.7 Å². The average molecular weight is 332 g/mol. The molecule has 6 heteroatoms. The van der Waals surface area contributed by atoms with Crippen LogP contribution in [0.3, 0.4) is 0 Å². The summed E-state index contributed by atoms with van der Waals surface area (Å²) in [7, 11) is 0. The lowest BCUT2D eigenvalue weighted by molar-refractivity contribution is 0.0855. The monoisotopic (exact) mass is 331 g/mol. The van der Waals surface area contributed by atoms with Gasteiger partial charge >= 0.3 is 0 Å². The molecule has 0 spiro atoms. The Morgan fingerprint density at radius 1 is 1.47 bits per heavy atom. The molecule has 1 heterocycles. The molecule has 0 saturated carbocycles. The molecule has 1 aromatic heterocycles. The van der Waals surface area contributed by atoms with E-state index in [4.69, 9.17) is 4.74 Å². The van der Waals surface area contributed by atoms with Crippen molar-refractivity contribution in [3.05, 3.63) is 21.0 Å². The largest absolute Gasteiger partial charge is 0.380 e. The van der Waals surface area contributed by atoms with Crippen LogP contribution in [-0.2, 0) is 11.3 Å². The lowest BCUT2D eigenvalue weighted by atomic mass is 10.2. The van der Waals surface area contributed by atoms with Crippen LogP contribution in [0.4, 0.5) is 5.69 Å². The van der Waals surface area contributed by atoms with Gasteiger partial charge in [-0.25, -0.2) is 4.68 Å². The summed E-state index contributed by atoms with van der Waals surface area (Å²) in [5.41, 5.74) is 0.597. The van der Waals surface area contributed by atoms with Gasteiger partial charge in [0.2, 0.25) is 0 Å². The molecule has 0 bridgehead atoms. The van der Waals surface area contributed by atoms with Gasteiger partial charge in [0.25, 0.3) is 5.56 Å². The standard InChI is InChI=1S/C13H22BrN3O2/c1-5-19-10(4)6-15-11-7-16-17(8-9(2)3)13(18)12(11)14/h7,9-10,15H,5-6,8H2,1-4H3. The number of halogens is 1. The van der Waals surface area contributed by atoms with Crippen molar-refractivity contribution in [2.24, 2.45) is 5.92 Å². The lowest BCUT2D eigenvalue weighted by Crippen LogP contribution is -2.27. The molecule has 0 fully saturated rings. The fraction of sp³-hybridized carbons (Fsp3) is 0.692. The summed E-state index contributed by atoms with van der Waals surface area (Å²) in [6.45, 7) is 9.99.